The minimum atomic E-state index is -4.79. The van der Waals surface area contributed by atoms with Gasteiger partial charge >= 0.3 is 6.36 Å². The van der Waals surface area contributed by atoms with E-state index in [0.717, 1.165) is 19.0 Å². The summed E-state index contributed by atoms with van der Waals surface area (Å²) < 4.78 is 40.7. The topological polar surface area (TPSA) is 50.4 Å². The fourth-order valence-electron chi connectivity index (χ4n) is 2.18. The van der Waals surface area contributed by atoms with Crippen LogP contribution in [0, 0.1) is 5.92 Å². The SMILES string of the molecule is CC1CCNC1C(=O)Nc1ccccc1OC(F)(F)F. The predicted molar refractivity (Wildman–Crippen MR) is 67.3 cm³/mol. The Balaban J connectivity index is 2.11. The Hall–Kier alpha value is -1.76. The van der Waals surface area contributed by atoms with E-state index in [-0.39, 0.29) is 17.5 Å². The predicted octanol–water partition coefficient (Wildman–Crippen LogP) is 2.52. The lowest BCUT2D eigenvalue weighted by Gasteiger charge is -2.18. The molecule has 0 radical (unpaired) electrons. The number of hydrogen-bond acceptors (Lipinski definition) is 3. The van der Waals surface area contributed by atoms with Crippen molar-refractivity contribution in [3.63, 3.8) is 0 Å². The average Bonchev–Trinajstić information content (AvgIpc) is 2.76. The molecule has 4 nitrogen and oxygen atoms in total. The highest BCUT2D eigenvalue weighted by molar-refractivity contribution is 5.96. The monoisotopic (exact) mass is 288 g/mol. The first-order chi connectivity index (χ1) is 9.37. The lowest BCUT2D eigenvalue weighted by atomic mass is 10.0. The van der Waals surface area contributed by atoms with Crippen molar-refractivity contribution in [3.05, 3.63) is 24.3 Å². The fourth-order valence-corrected chi connectivity index (χ4v) is 2.18. The van der Waals surface area contributed by atoms with Crippen LogP contribution >= 0.6 is 0 Å². The Morgan fingerprint density at radius 2 is 2.10 bits per heavy atom. The molecule has 0 aromatic heterocycles. The Kier molecular flexibility index (Phi) is 4.17. The van der Waals surface area contributed by atoms with E-state index >= 15 is 0 Å². The molecule has 1 aliphatic rings. The van der Waals surface area contributed by atoms with Gasteiger partial charge in [-0.25, -0.2) is 0 Å². The van der Waals surface area contributed by atoms with Crippen molar-refractivity contribution in [2.45, 2.75) is 25.7 Å². The molecule has 110 valence electrons. The Morgan fingerprint density at radius 3 is 2.70 bits per heavy atom. The summed E-state index contributed by atoms with van der Waals surface area (Å²) in [5, 5.41) is 5.50. The van der Waals surface area contributed by atoms with E-state index in [2.05, 4.69) is 15.4 Å². The van der Waals surface area contributed by atoms with Crippen molar-refractivity contribution in [3.8, 4) is 5.75 Å². The number of hydrogen-bond donors (Lipinski definition) is 2. The summed E-state index contributed by atoms with van der Waals surface area (Å²) in [4.78, 5) is 12.0. The quantitative estimate of drug-likeness (QED) is 0.898. The number of carbonyl (C=O) groups is 1. The summed E-state index contributed by atoms with van der Waals surface area (Å²) in [5.41, 5.74) is 0.00993. The molecule has 2 atom stereocenters. The van der Waals surface area contributed by atoms with Gasteiger partial charge < -0.3 is 15.4 Å². The third-order valence-corrected chi connectivity index (χ3v) is 3.19. The van der Waals surface area contributed by atoms with Crippen LogP contribution in [0.15, 0.2) is 24.3 Å². The molecule has 1 aliphatic heterocycles. The maximum atomic E-state index is 12.3. The number of rotatable bonds is 3. The normalized spacial score (nSPS) is 22.6. The molecule has 2 N–H and O–H groups in total. The molecular formula is C13H15F3N2O2. The maximum Gasteiger partial charge on any atom is 0.573 e. The second kappa shape index (κ2) is 5.70. The minimum absolute atomic E-state index is 0.00993. The summed E-state index contributed by atoms with van der Waals surface area (Å²) in [6, 6.07) is 5.08. The van der Waals surface area contributed by atoms with Gasteiger partial charge in [-0.05, 0) is 31.0 Å². The van der Waals surface area contributed by atoms with Gasteiger partial charge in [0.15, 0.2) is 5.75 Å². The van der Waals surface area contributed by atoms with Gasteiger partial charge in [-0.1, -0.05) is 19.1 Å². The molecule has 1 aromatic carbocycles. The van der Waals surface area contributed by atoms with Crippen molar-refractivity contribution in [1.82, 2.24) is 5.32 Å². The highest BCUT2D eigenvalue weighted by Gasteiger charge is 2.33. The fraction of sp³-hybridized carbons (Fsp3) is 0.462. The van der Waals surface area contributed by atoms with Crippen LogP contribution in [0.4, 0.5) is 18.9 Å². The molecule has 1 saturated heterocycles. The van der Waals surface area contributed by atoms with E-state index in [1.807, 2.05) is 6.92 Å². The summed E-state index contributed by atoms with van der Waals surface area (Å²) in [7, 11) is 0. The van der Waals surface area contributed by atoms with Gasteiger partial charge in [-0.2, -0.15) is 0 Å². The van der Waals surface area contributed by atoms with E-state index in [1.54, 1.807) is 0 Å². The van der Waals surface area contributed by atoms with E-state index in [0.29, 0.717) is 0 Å². The summed E-state index contributed by atoms with van der Waals surface area (Å²) in [5.74, 6) is -0.627. The molecule has 1 aromatic rings. The van der Waals surface area contributed by atoms with Crippen molar-refractivity contribution in [2.24, 2.45) is 5.92 Å². The number of halogens is 3. The van der Waals surface area contributed by atoms with E-state index in [4.69, 9.17) is 0 Å². The minimum Gasteiger partial charge on any atom is -0.404 e. The van der Waals surface area contributed by atoms with Gasteiger partial charge in [0.25, 0.3) is 0 Å². The summed E-state index contributed by atoms with van der Waals surface area (Å²) in [6.45, 7) is 2.64. The molecule has 7 heteroatoms. The van der Waals surface area contributed by atoms with Crippen LogP contribution in [0.1, 0.15) is 13.3 Å². The van der Waals surface area contributed by atoms with Gasteiger partial charge in [0, 0.05) is 0 Å². The number of alkyl halides is 3. The van der Waals surface area contributed by atoms with Crippen LogP contribution in [-0.4, -0.2) is 24.9 Å². The largest absolute Gasteiger partial charge is 0.573 e. The molecule has 1 heterocycles. The first-order valence-electron chi connectivity index (χ1n) is 6.26. The molecule has 20 heavy (non-hydrogen) atoms. The van der Waals surface area contributed by atoms with Crippen molar-refractivity contribution >= 4 is 11.6 Å². The number of para-hydroxylation sites is 2. The highest BCUT2D eigenvalue weighted by Crippen LogP contribution is 2.30. The highest BCUT2D eigenvalue weighted by atomic mass is 19.4. The van der Waals surface area contributed by atoms with Crippen LogP contribution in [-0.2, 0) is 4.79 Å². The number of amides is 1. The number of nitrogens with one attached hydrogen (secondary N) is 2. The number of benzene rings is 1. The molecule has 0 spiro atoms. The molecule has 2 rings (SSSR count). The van der Waals surface area contributed by atoms with Crippen molar-refractivity contribution in [1.29, 1.82) is 0 Å². The molecule has 2 unspecified atom stereocenters. The van der Waals surface area contributed by atoms with Crippen LogP contribution < -0.4 is 15.4 Å². The summed E-state index contributed by atoms with van der Waals surface area (Å²) >= 11 is 0. The number of ether oxygens (including phenoxy) is 1. The van der Waals surface area contributed by atoms with E-state index < -0.39 is 18.2 Å². The van der Waals surface area contributed by atoms with Crippen molar-refractivity contribution in [2.75, 3.05) is 11.9 Å². The first kappa shape index (κ1) is 14.6. The maximum absolute atomic E-state index is 12.3. The van der Waals surface area contributed by atoms with Crippen LogP contribution in [0.25, 0.3) is 0 Å². The second-order valence-corrected chi connectivity index (χ2v) is 4.73. The van der Waals surface area contributed by atoms with E-state index in [1.165, 1.54) is 18.2 Å². The zero-order chi connectivity index (χ0) is 14.8. The third kappa shape index (κ3) is 3.63. The molecule has 0 saturated carbocycles. The lowest BCUT2D eigenvalue weighted by Crippen LogP contribution is -2.39. The van der Waals surface area contributed by atoms with E-state index in [9.17, 15) is 18.0 Å². The molecule has 1 fully saturated rings. The Labute approximate surface area is 114 Å². The number of carbonyl (C=O) groups excluding carboxylic acids is 1. The number of anilines is 1. The van der Waals surface area contributed by atoms with Gasteiger partial charge in [-0.15, -0.1) is 13.2 Å². The first-order valence-corrected chi connectivity index (χ1v) is 6.26. The standard InChI is InChI=1S/C13H15F3N2O2/c1-8-6-7-17-11(8)12(19)18-9-4-2-3-5-10(9)20-13(14,15)16/h2-5,8,11,17H,6-7H2,1H3,(H,18,19). The molecule has 0 bridgehead atoms. The molecule has 1 amide bonds. The summed E-state index contributed by atoms with van der Waals surface area (Å²) in [6.07, 6.45) is -3.93. The van der Waals surface area contributed by atoms with Crippen LogP contribution in [0.2, 0.25) is 0 Å². The smallest absolute Gasteiger partial charge is 0.404 e. The second-order valence-electron chi connectivity index (χ2n) is 4.73. The van der Waals surface area contributed by atoms with Crippen LogP contribution in [0.5, 0.6) is 5.75 Å². The zero-order valence-corrected chi connectivity index (χ0v) is 10.8. The van der Waals surface area contributed by atoms with Gasteiger partial charge in [0.2, 0.25) is 5.91 Å². The van der Waals surface area contributed by atoms with Gasteiger partial charge in [0.1, 0.15) is 0 Å². The zero-order valence-electron chi connectivity index (χ0n) is 10.8. The van der Waals surface area contributed by atoms with Gasteiger partial charge in [0.05, 0.1) is 11.7 Å². The van der Waals surface area contributed by atoms with Crippen molar-refractivity contribution < 1.29 is 22.7 Å². The van der Waals surface area contributed by atoms with Gasteiger partial charge in [-0.3, -0.25) is 4.79 Å². The third-order valence-electron chi connectivity index (χ3n) is 3.19. The molecular weight excluding hydrogens is 273 g/mol. The lowest BCUT2D eigenvalue weighted by molar-refractivity contribution is -0.274. The average molecular weight is 288 g/mol. The Morgan fingerprint density at radius 1 is 1.40 bits per heavy atom. The Bertz CT molecular complexity index is 491. The molecule has 0 aliphatic carbocycles. The van der Waals surface area contributed by atoms with Crippen LogP contribution in [0.3, 0.4) is 0 Å².